The maximum atomic E-state index is 12.5. The van der Waals surface area contributed by atoms with Crippen molar-refractivity contribution in [3.05, 3.63) is 36.2 Å². The number of hydrogen-bond acceptors (Lipinski definition) is 7. The molecule has 1 aliphatic heterocycles. The summed E-state index contributed by atoms with van der Waals surface area (Å²) < 4.78 is 15.8. The van der Waals surface area contributed by atoms with Crippen molar-refractivity contribution in [1.82, 2.24) is 14.9 Å². The Kier molecular flexibility index (Phi) is 5.30. The molecule has 8 nitrogen and oxygen atoms in total. The molecule has 1 aromatic heterocycles. The summed E-state index contributed by atoms with van der Waals surface area (Å²) in [5.41, 5.74) is 1.02. The van der Waals surface area contributed by atoms with Crippen LogP contribution in [0, 0.1) is 0 Å². The third-order valence-electron chi connectivity index (χ3n) is 3.83. The van der Waals surface area contributed by atoms with Gasteiger partial charge in [0.05, 0.1) is 33.1 Å². The van der Waals surface area contributed by atoms with Crippen LogP contribution in [0.1, 0.15) is 10.5 Å². The second kappa shape index (κ2) is 7.80. The first-order valence-electron chi connectivity index (χ1n) is 7.90. The Hall–Kier alpha value is -2.87. The van der Waals surface area contributed by atoms with Gasteiger partial charge in [-0.3, -0.25) is 4.79 Å². The van der Waals surface area contributed by atoms with E-state index >= 15 is 0 Å². The van der Waals surface area contributed by atoms with Gasteiger partial charge in [0.15, 0.2) is 0 Å². The molecule has 1 N–H and O–H groups in total. The molecule has 25 heavy (non-hydrogen) atoms. The fraction of sp³-hybridized carbons (Fsp3) is 0.353. The van der Waals surface area contributed by atoms with E-state index in [1.165, 1.54) is 0 Å². The lowest BCUT2D eigenvalue weighted by Crippen LogP contribution is -2.41. The standard InChI is InChI=1S/C17H20N4O4/c1-23-12-3-4-13(15(11-12)24-2)19-17-18-6-5-14(20-17)16(22)21-7-9-25-10-8-21/h3-6,11H,7-10H2,1-2H3,(H,18,19,20). The van der Waals surface area contributed by atoms with E-state index in [0.717, 1.165) is 0 Å². The maximum Gasteiger partial charge on any atom is 0.272 e. The van der Waals surface area contributed by atoms with Crippen molar-refractivity contribution in [1.29, 1.82) is 0 Å². The highest BCUT2D eigenvalue weighted by Gasteiger charge is 2.20. The number of hydrogen-bond donors (Lipinski definition) is 1. The van der Waals surface area contributed by atoms with E-state index in [-0.39, 0.29) is 5.91 Å². The molecule has 1 aromatic carbocycles. The molecule has 0 unspecified atom stereocenters. The number of carbonyl (C=O) groups is 1. The summed E-state index contributed by atoms with van der Waals surface area (Å²) in [6.07, 6.45) is 1.55. The SMILES string of the molecule is COc1ccc(Nc2nccc(C(=O)N3CCOCC3)n2)c(OC)c1. The van der Waals surface area contributed by atoms with Crippen molar-refractivity contribution >= 4 is 17.5 Å². The normalized spacial score (nSPS) is 14.1. The molecule has 132 valence electrons. The Morgan fingerprint density at radius 2 is 2.00 bits per heavy atom. The van der Waals surface area contributed by atoms with Crippen LogP contribution in [-0.4, -0.2) is 61.3 Å². The summed E-state index contributed by atoms with van der Waals surface area (Å²) in [6.45, 7) is 2.23. The first-order valence-corrected chi connectivity index (χ1v) is 7.90. The van der Waals surface area contributed by atoms with Crippen molar-refractivity contribution < 1.29 is 19.0 Å². The summed E-state index contributed by atoms with van der Waals surface area (Å²) in [7, 11) is 3.16. The third kappa shape index (κ3) is 3.97. The van der Waals surface area contributed by atoms with E-state index in [2.05, 4.69) is 15.3 Å². The second-order valence-corrected chi connectivity index (χ2v) is 5.36. The largest absolute Gasteiger partial charge is 0.497 e. The molecule has 1 fully saturated rings. The van der Waals surface area contributed by atoms with E-state index < -0.39 is 0 Å². The van der Waals surface area contributed by atoms with Crippen molar-refractivity contribution in [2.75, 3.05) is 45.8 Å². The molecular formula is C17H20N4O4. The first kappa shape index (κ1) is 17.0. The number of amides is 1. The zero-order valence-corrected chi connectivity index (χ0v) is 14.2. The number of nitrogens with zero attached hydrogens (tertiary/aromatic N) is 3. The number of carbonyl (C=O) groups excluding carboxylic acids is 1. The Labute approximate surface area is 145 Å². The van der Waals surface area contributed by atoms with Gasteiger partial charge in [0.2, 0.25) is 5.95 Å². The highest BCUT2D eigenvalue weighted by molar-refractivity contribution is 5.92. The summed E-state index contributed by atoms with van der Waals surface area (Å²) in [5.74, 6) is 1.46. The van der Waals surface area contributed by atoms with Crippen molar-refractivity contribution in [2.45, 2.75) is 0 Å². The summed E-state index contributed by atoms with van der Waals surface area (Å²) in [5, 5.41) is 3.07. The minimum absolute atomic E-state index is 0.129. The number of morpholine rings is 1. The van der Waals surface area contributed by atoms with Crippen molar-refractivity contribution in [3.63, 3.8) is 0 Å². The lowest BCUT2D eigenvalue weighted by Gasteiger charge is -2.26. The monoisotopic (exact) mass is 344 g/mol. The van der Waals surface area contributed by atoms with E-state index in [0.29, 0.717) is 55.1 Å². The van der Waals surface area contributed by atoms with Crippen LogP contribution in [-0.2, 0) is 4.74 Å². The highest BCUT2D eigenvalue weighted by Crippen LogP contribution is 2.30. The van der Waals surface area contributed by atoms with Crippen LogP contribution in [0.5, 0.6) is 11.5 Å². The smallest absolute Gasteiger partial charge is 0.272 e. The molecule has 0 aliphatic carbocycles. The summed E-state index contributed by atoms with van der Waals surface area (Å²) >= 11 is 0. The molecule has 0 atom stereocenters. The van der Waals surface area contributed by atoms with Gasteiger partial charge in [-0.25, -0.2) is 9.97 Å². The maximum absolute atomic E-state index is 12.5. The zero-order chi connectivity index (χ0) is 17.6. The molecule has 2 heterocycles. The molecule has 0 radical (unpaired) electrons. The number of methoxy groups -OCH3 is 2. The Morgan fingerprint density at radius 3 is 2.72 bits per heavy atom. The Bertz CT molecular complexity index is 747. The number of nitrogens with one attached hydrogen (secondary N) is 1. The molecule has 0 bridgehead atoms. The summed E-state index contributed by atoms with van der Waals surface area (Å²) in [4.78, 5) is 22.7. The van der Waals surface area contributed by atoms with Crippen LogP contribution in [0.3, 0.4) is 0 Å². The fourth-order valence-corrected chi connectivity index (χ4v) is 2.49. The average molecular weight is 344 g/mol. The lowest BCUT2D eigenvalue weighted by molar-refractivity contribution is 0.0299. The summed E-state index contributed by atoms with van der Waals surface area (Å²) in [6, 6.07) is 6.96. The molecule has 1 amide bonds. The Morgan fingerprint density at radius 1 is 1.20 bits per heavy atom. The van der Waals surface area contributed by atoms with Crippen LogP contribution in [0.4, 0.5) is 11.6 Å². The van der Waals surface area contributed by atoms with Gasteiger partial charge < -0.3 is 24.4 Å². The number of rotatable bonds is 5. The van der Waals surface area contributed by atoms with Gasteiger partial charge in [0.25, 0.3) is 5.91 Å². The topological polar surface area (TPSA) is 85.8 Å². The van der Waals surface area contributed by atoms with Crippen LogP contribution < -0.4 is 14.8 Å². The van der Waals surface area contributed by atoms with Gasteiger partial charge in [0.1, 0.15) is 17.2 Å². The predicted octanol–water partition coefficient (Wildman–Crippen LogP) is 1.71. The van der Waals surface area contributed by atoms with Crippen molar-refractivity contribution in [3.8, 4) is 11.5 Å². The van der Waals surface area contributed by atoms with Gasteiger partial charge in [0, 0.05) is 25.4 Å². The molecule has 0 saturated carbocycles. The molecule has 1 saturated heterocycles. The van der Waals surface area contributed by atoms with Crippen LogP contribution in [0.25, 0.3) is 0 Å². The fourth-order valence-electron chi connectivity index (χ4n) is 2.49. The molecule has 1 aliphatic rings. The minimum Gasteiger partial charge on any atom is -0.497 e. The number of ether oxygens (including phenoxy) is 3. The number of aromatic nitrogens is 2. The average Bonchev–Trinajstić information content (AvgIpc) is 2.68. The highest BCUT2D eigenvalue weighted by atomic mass is 16.5. The molecular weight excluding hydrogens is 324 g/mol. The molecule has 2 aromatic rings. The van der Waals surface area contributed by atoms with E-state index in [9.17, 15) is 4.79 Å². The van der Waals surface area contributed by atoms with Crippen molar-refractivity contribution in [2.24, 2.45) is 0 Å². The first-order chi connectivity index (χ1) is 12.2. The van der Waals surface area contributed by atoms with Crippen LogP contribution >= 0.6 is 0 Å². The molecule has 3 rings (SSSR count). The van der Waals surface area contributed by atoms with Gasteiger partial charge in [-0.1, -0.05) is 0 Å². The van der Waals surface area contributed by atoms with Gasteiger partial charge in [-0.05, 0) is 18.2 Å². The number of benzene rings is 1. The zero-order valence-electron chi connectivity index (χ0n) is 14.2. The van der Waals surface area contributed by atoms with Gasteiger partial charge in [-0.2, -0.15) is 0 Å². The van der Waals surface area contributed by atoms with E-state index in [1.807, 2.05) is 0 Å². The van der Waals surface area contributed by atoms with Crippen LogP contribution in [0.15, 0.2) is 30.5 Å². The third-order valence-corrected chi connectivity index (χ3v) is 3.83. The Balaban J connectivity index is 1.79. The van der Waals surface area contributed by atoms with E-state index in [4.69, 9.17) is 14.2 Å². The second-order valence-electron chi connectivity index (χ2n) is 5.36. The van der Waals surface area contributed by atoms with Crippen LogP contribution in [0.2, 0.25) is 0 Å². The molecule has 0 spiro atoms. The minimum atomic E-state index is -0.129. The van der Waals surface area contributed by atoms with E-state index in [1.54, 1.807) is 49.6 Å². The number of anilines is 2. The molecule has 8 heteroatoms. The quantitative estimate of drug-likeness (QED) is 0.883. The van der Waals surface area contributed by atoms with Gasteiger partial charge in [-0.15, -0.1) is 0 Å². The lowest BCUT2D eigenvalue weighted by atomic mass is 10.2. The predicted molar refractivity (Wildman–Crippen MR) is 91.6 cm³/mol. The van der Waals surface area contributed by atoms with Gasteiger partial charge >= 0.3 is 0 Å².